The molecule has 0 aliphatic carbocycles. The summed E-state index contributed by atoms with van der Waals surface area (Å²) in [6.07, 6.45) is 6.46. The Labute approximate surface area is 147 Å². The molecule has 0 bridgehead atoms. The standard InChI is InChI=1S/C16H17N5O5/c1-3-5-8(22)10-7-9(23)14(26-10)21-12-11(13(24)19-15(17)18-12)20(6-4-2)16(21)25/h1-2,8-10,14,22-23H,5-7H2,(H3,17,18,19,24)/t8-,9+,10-,14+/m0/s1. The number of nitrogens with one attached hydrogen (secondary N) is 1. The predicted molar refractivity (Wildman–Crippen MR) is 91.8 cm³/mol. The van der Waals surface area contributed by atoms with Crippen molar-refractivity contribution in [1.82, 2.24) is 19.1 Å². The Balaban J connectivity index is 2.16. The number of imidazole rings is 1. The molecule has 3 heterocycles. The summed E-state index contributed by atoms with van der Waals surface area (Å²) in [4.78, 5) is 31.3. The fourth-order valence-corrected chi connectivity index (χ4v) is 3.08. The summed E-state index contributed by atoms with van der Waals surface area (Å²) in [5, 5.41) is 20.4. The second-order valence-electron chi connectivity index (χ2n) is 5.91. The zero-order valence-corrected chi connectivity index (χ0v) is 13.6. The highest BCUT2D eigenvalue weighted by Crippen LogP contribution is 2.32. The number of nitrogens with two attached hydrogens (primary N) is 1. The van der Waals surface area contributed by atoms with Crippen molar-refractivity contribution in [2.24, 2.45) is 0 Å². The first-order chi connectivity index (χ1) is 12.4. The van der Waals surface area contributed by atoms with E-state index < -0.39 is 35.8 Å². The SMILES string of the molecule is C#CC[C@H](O)[C@@H]1C[C@@H](O)[C@H](n2c(=O)n(CC#C)c3c(=O)[nH]c(N)nc32)O1. The van der Waals surface area contributed by atoms with Gasteiger partial charge in [0, 0.05) is 12.8 Å². The number of ether oxygens (including phenoxy) is 1. The van der Waals surface area contributed by atoms with Crippen molar-refractivity contribution in [2.75, 3.05) is 5.73 Å². The maximum absolute atomic E-state index is 12.8. The number of H-pyrrole nitrogens is 1. The molecule has 2 aromatic rings. The lowest BCUT2D eigenvalue weighted by atomic mass is 10.1. The van der Waals surface area contributed by atoms with Crippen LogP contribution in [0.3, 0.4) is 0 Å². The van der Waals surface area contributed by atoms with Gasteiger partial charge >= 0.3 is 5.69 Å². The van der Waals surface area contributed by atoms with Gasteiger partial charge in [0.15, 0.2) is 17.4 Å². The minimum absolute atomic E-state index is 0.0305. The lowest BCUT2D eigenvalue weighted by Gasteiger charge is -2.18. The first kappa shape index (κ1) is 17.8. The van der Waals surface area contributed by atoms with Crippen molar-refractivity contribution in [3.63, 3.8) is 0 Å². The van der Waals surface area contributed by atoms with E-state index in [0.717, 1.165) is 9.13 Å². The fourth-order valence-electron chi connectivity index (χ4n) is 3.08. The largest absolute Gasteiger partial charge is 0.389 e. The molecule has 5 N–H and O–H groups in total. The van der Waals surface area contributed by atoms with E-state index in [1.54, 1.807) is 0 Å². The molecule has 1 aliphatic heterocycles. The third-order valence-corrected chi connectivity index (χ3v) is 4.21. The number of rotatable bonds is 4. The van der Waals surface area contributed by atoms with E-state index in [4.69, 9.17) is 23.3 Å². The highest BCUT2D eigenvalue weighted by Gasteiger charge is 2.41. The molecular weight excluding hydrogens is 342 g/mol. The molecule has 136 valence electrons. The van der Waals surface area contributed by atoms with Crippen LogP contribution in [-0.2, 0) is 11.3 Å². The minimum Gasteiger partial charge on any atom is -0.389 e. The molecular formula is C16H17N5O5. The first-order valence-corrected chi connectivity index (χ1v) is 7.78. The third kappa shape index (κ3) is 2.76. The van der Waals surface area contributed by atoms with Crippen molar-refractivity contribution in [2.45, 2.75) is 43.9 Å². The van der Waals surface area contributed by atoms with Gasteiger partial charge in [0.05, 0.1) is 18.8 Å². The van der Waals surface area contributed by atoms with Crippen molar-refractivity contribution in [3.05, 3.63) is 20.8 Å². The maximum atomic E-state index is 12.8. The number of nitrogen functional groups attached to an aromatic ring is 1. The Kier molecular flexibility index (Phi) is 4.57. The van der Waals surface area contributed by atoms with Crippen LogP contribution in [0.5, 0.6) is 0 Å². The number of fused-ring (bicyclic) bond motifs is 1. The molecule has 0 saturated carbocycles. The van der Waals surface area contributed by atoms with Gasteiger partial charge in [-0.05, 0) is 0 Å². The number of aliphatic hydroxyl groups is 2. The van der Waals surface area contributed by atoms with E-state index in [9.17, 15) is 19.8 Å². The lowest BCUT2D eigenvalue weighted by Crippen LogP contribution is -2.32. The van der Waals surface area contributed by atoms with Crippen molar-refractivity contribution in [1.29, 1.82) is 0 Å². The average Bonchev–Trinajstić information content (AvgIpc) is 3.07. The zero-order valence-electron chi connectivity index (χ0n) is 13.6. The minimum atomic E-state index is -1.17. The van der Waals surface area contributed by atoms with Crippen LogP contribution in [0.1, 0.15) is 19.1 Å². The van der Waals surface area contributed by atoms with Crippen LogP contribution in [-0.4, -0.2) is 47.6 Å². The van der Waals surface area contributed by atoms with E-state index in [2.05, 4.69) is 21.8 Å². The van der Waals surface area contributed by atoms with Crippen LogP contribution >= 0.6 is 0 Å². The molecule has 10 heteroatoms. The van der Waals surface area contributed by atoms with E-state index in [1.165, 1.54) is 0 Å². The summed E-state index contributed by atoms with van der Waals surface area (Å²) in [6.45, 7) is -0.178. The summed E-state index contributed by atoms with van der Waals surface area (Å²) in [6, 6.07) is 0. The molecule has 0 unspecified atom stereocenters. The molecule has 3 rings (SSSR count). The monoisotopic (exact) mass is 359 g/mol. The van der Waals surface area contributed by atoms with Crippen LogP contribution in [0.4, 0.5) is 5.95 Å². The number of terminal acetylenes is 2. The van der Waals surface area contributed by atoms with E-state index in [1.807, 2.05) is 0 Å². The molecule has 0 spiro atoms. The Bertz CT molecular complexity index is 1040. The summed E-state index contributed by atoms with van der Waals surface area (Å²) in [5.41, 5.74) is 4.11. The molecule has 1 saturated heterocycles. The van der Waals surface area contributed by atoms with Crippen LogP contribution < -0.4 is 17.0 Å². The van der Waals surface area contributed by atoms with Gasteiger partial charge in [0.25, 0.3) is 5.56 Å². The van der Waals surface area contributed by atoms with Crippen molar-refractivity contribution in [3.8, 4) is 24.7 Å². The van der Waals surface area contributed by atoms with Crippen LogP contribution in [0.2, 0.25) is 0 Å². The highest BCUT2D eigenvalue weighted by atomic mass is 16.5. The van der Waals surface area contributed by atoms with Gasteiger partial charge in [-0.1, -0.05) is 5.92 Å². The molecule has 26 heavy (non-hydrogen) atoms. The zero-order chi connectivity index (χ0) is 19.0. The van der Waals surface area contributed by atoms with Crippen LogP contribution in [0, 0.1) is 24.7 Å². The number of aromatic amines is 1. The highest BCUT2D eigenvalue weighted by molar-refractivity contribution is 5.72. The van der Waals surface area contributed by atoms with Crippen LogP contribution in [0.25, 0.3) is 11.2 Å². The molecule has 10 nitrogen and oxygen atoms in total. The Morgan fingerprint density at radius 2 is 2.15 bits per heavy atom. The van der Waals surface area contributed by atoms with Gasteiger partial charge in [-0.3, -0.25) is 14.3 Å². The smallest absolute Gasteiger partial charge is 0.333 e. The van der Waals surface area contributed by atoms with Crippen molar-refractivity contribution < 1.29 is 14.9 Å². The molecule has 4 atom stereocenters. The van der Waals surface area contributed by atoms with E-state index in [-0.39, 0.29) is 36.5 Å². The van der Waals surface area contributed by atoms with Gasteiger partial charge < -0.3 is 20.7 Å². The number of nitrogens with zero attached hydrogens (tertiary/aromatic N) is 3. The maximum Gasteiger partial charge on any atom is 0.333 e. The Hall–Kier alpha value is -3.05. The average molecular weight is 359 g/mol. The Morgan fingerprint density at radius 1 is 1.42 bits per heavy atom. The quantitative estimate of drug-likeness (QED) is 0.468. The van der Waals surface area contributed by atoms with Gasteiger partial charge in [0.2, 0.25) is 5.95 Å². The third-order valence-electron chi connectivity index (χ3n) is 4.21. The van der Waals surface area contributed by atoms with Gasteiger partial charge in [-0.15, -0.1) is 18.8 Å². The molecule has 1 aliphatic rings. The topological polar surface area (TPSA) is 148 Å². The number of hydrogen-bond donors (Lipinski definition) is 4. The second kappa shape index (κ2) is 6.69. The second-order valence-corrected chi connectivity index (χ2v) is 5.91. The summed E-state index contributed by atoms with van der Waals surface area (Å²) < 4.78 is 7.71. The van der Waals surface area contributed by atoms with E-state index >= 15 is 0 Å². The summed E-state index contributed by atoms with van der Waals surface area (Å²) >= 11 is 0. The summed E-state index contributed by atoms with van der Waals surface area (Å²) in [5.74, 6) is 4.40. The van der Waals surface area contributed by atoms with Gasteiger partial charge in [-0.2, -0.15) is 4.98 Å². The molecule has 0 aromatic carbocycles. The summed E-state index contributed by atoms with van der Waals surface area (Å²) in [7, 11) is 0. The first-order valence-electron chi connectivity index (χ1n) is 7.78. The molecule has 2 aromatic heterocycles. The number of hydrogen-bond acceptors (Lipinski definition) is 7. The molecule has 1 fully saturated rings. The lowest BCUT2D eigenvalue weighted by molar-refractivity contribution is -0.0740. The molecule has 0 amide bonds. The molecule has 0 radical (unpaired) electrons. The van der Waals surface area contributed by atoms with E-state index in [0.29, 0.717) is 0 Å². The van der Waals surface area contributed by atoms with Gasteiger partial charge in [0.1, 0.15) is 6.10 Å². The number of aliphatic hydroxyl groups excluding tert-OH is 2. The fraction of sp³-hybridized carbons (Fsp3) is 0.438. The number of aromatic nitrogens is 4. The normalized spacial score (nSPS) is 23.6. The van der Waals surface area contributed by atoms with Crippen LogP contribution in [0.15, 0.2) is 9.59 Å². The number of anilines is 1. The van der Waals surface area contributed by atoms with Gasteiger partial charge in [-0.25, -0.2) is 9.36 Å². The predicted octanol–water partition coefficient (Wildman–Crippen LogP) is -1.87. The Morgan fingerprint density at radius 3 is 2.81 bits per heavy atom. The van der Waals surface area contributed by atoms with Crippen molar-refractivity contribution >= 4 is 17.1 Å².